The maximum absolute atomic E-state index is 5.92. The first-order valence-electron chi connectivity index (χ1n) is 10.4. The number of rotatable bonds is 6. The Kier molecular flexibility index (Phi) is 5.56. The number of hydrogen-bond donors (Lipinski definition) is 1. The Morgan fingerprint density at radius 3 is 1.52 bits per heavy atom. The average molecular weight is 392 g/mol. The van der Waals surface area contributed by atoms with E-state index >= 15 is 0 Å². The van der Waals surface area contributed by atoms with Gasteiger partial charge in [0.05, 0.1) is 34.6 Å². The summed E-state index contributed by atoms with van der Waals surface area (Å²) in [5.41, 5.74) is 3.86. The lowest BCUT2D eigenvalue weighted by Crippen LogP contribution is -2.13. The third-order valence-electron chi connectivity index (χ3n) is 5.47. The van der Waals surface area contributed by atoms with Gasteiger partial charge in [0.15, 0.2) is 0 Å². The molecule has 5 nitrogen and oxygen atoms in total. The van der Waals surface area contributed by atoms with E-state index in [2.05, 4.69) is 45.1 Å². The van der Waals surface area contributed by atoms with Crippen molar-refractivity contribution in [3.63, 3.8) is 0 Å². The number of benzene rings is 2. The Morgan fingerprint density at radius 1 is 0.724 bits per heavy atom. The van der Waals surface area contributed by atoms with Gasteiger partial charge < -0.3 is 14.8 Å². The van der Waals surface area contributed by atoms with Gasteiger partial charge in [0.25, 0.3) is 0 Å². The summed E-state index contributed by atoms with van der Waals surface area (Å²) in [4.78, 5) is 9.59. The molecule has 4 rings (SSSR count). The summed E-state index contributed by atoms with van der Waals surface area (Å²) in [5.74, 6) is 2.33. The van der Waals surface area contributed by atoms with Gasteiger partial charge in [-0.25, -0.2) is 9.98 Å². The van der Waals surface area contributed by atoms with E-state index in [0.717, 1.165) is 22.5 Å². The van der Waals surface area contributed by atoms with Crippen molar-refractivity contribution in [2.45, 2.75) is 39.8 Å². The molecule has 0 saturated carbocycles. The molecular weight excluding hydrogens is 362 g/mol. The first-order chi connectivity index (χ1) is 14.0. The van der Waals surface area contributed by atoms with Crippen molar-refractivity contribution in [3.8, 4) is 0 Å². The lowest BCUT2D eigenvalue weighted by molar-refractivity contribution is 0.292. The lowest BCUT2D eigenvalue weighted by atomic mass is 10.1. The molecule has 1 N–H and O–H groups in total. The predicted octanol–water partition coefficient (Wildman–Crippen LogP) is 5.03. The van der Waals surface area contributed by atoms with Gasteiger partial charge >= 0.3 is 0 Å². The smallest absolute Gasteiger partial charge is 0.218 e. The van der Waals surface area contributed by atoms with Crippen LogP contribution in [-0.4, -0.2) is 37.1 Å². The van der Waals surface area contributed by atoms with Gasteiger partial charge in [0, 0.05) is 0 Å². The molecule has 2 aliphatic heterocycles. The second kappa shape index (κ2) is 8.27. The van der Waals surface area contributed by atoms with Gasteiger partial charge in [-0.2, -0.15) is 0 Å². The molecule has 152 valence electrons. The molecule has 5 heteroatoms. The van der Waals surface area contributed by atoms with Crippen LogP contribution in [-0.2, 0) is 9.47 Å². The number of nitrogens with one attached hydrogen (secondary N) is 1. The standard InChI is InChI=1S/C24H29N3O2/c1-15(2)21-13-28-23(26-21)17-9-5-7-11-19(17)25-20-12-8-6-10-18(20)24-27-22(14-29-24)16(3)4/h5-12,15-16,21-22,25H,13-14H2,1-4H3. The van der Waals surface area contributed by atoms with E-state index in [-0.39, 0.29) is 12.1 Å². The molecule has 29 heavy (non-hydrogen) atoms. The molecule has 2 aromatic carbocycles. The summed E-state index contributed by atoms with van der Waals surface area (Å²) < 4.78 is 11.8. The SMILES string of the molecule is CC(C)C1COC(c2ccccc2Nc2ccccc2C2=NC(C(C)C)CO2)=N1. The average Bonchev–Trinajstić information content (AvgIpc) is 3.39. The van der Waals surface area contributed by atoms with E-state index in [1.807, 2.05) is 36.4 Å². The van der Waals surface area contributed by atoms with E-state index in [1.54, 1.807) is 0 Å². The molecule has 2 atom stereocenters. The predicted molar refractivity (Wildman–Crippen MR) is 118 cm³/mol. The number of nitrogens with zero attached hydrogens (tertiary/aromatic N) is 2. The first kappa shape index (κ1) is 19.5. The fourth-order valence-corrected chi connectivity index (χ4v) is 3.46. The Bertz CT molecular complexity index is 858. The lowest BCUT2D eigenvalue weighted by Gasteiger charge is -2.15. The molecule has 0 spiro atoms. The van der Waals surface area contributed by atoms with Gasteiger partial charge in [0.2, 0.25) is 11.8 Å². The number of anilines is 2. The largest absolute Gasteiger partial charge is 0.475 e. The highest BCUT2D eigenvalue weighted by Gasteiger charge is 2.26. The molecule has 0 aliphatic carbocycles. The van der Waals surface area contributed by atoms with Crippen LogP contribution in [0.3, 0.4) is 0 Å². The molecule has 2 heterocycles. The van der Waals surface area contributed by atoms with Crippen molar-refractivity contribution in [1.29, 1.82) is 0 Å². The maximum atomic E-state index is 5.92. The molecule has 0 bridgehead atoms. The maximum Gasteiger partial charge on any atom is 0.218 e. The zero-order valence-corrected chi connectivity index (χ0v) is 17.6. The third-order valence-corrected chi connectivity index (χ3v) is 5.47. The van der Waals surface area contributed by atoms with Crippen LogP contribution in [0.4, 0.5) is 11.4 Å². The van der Waals surface area contributed by atoms with Crippen molar-refractivity contribution in [2.24, 2.45) is 21.8 Å². The highest BCUT2D eigenvalue weighted by molar-refractivity contribution is 6.04. The number of aliphatic imine (C=N–C) groups is 2. The quantitative estimate of drug-likeness (QED) is 0.751. The Balaban J connectivity index is 1.64. The van der Waals surface area contributed by atoms with Crippen molar-refractivity contribution in [3.05, 3.63) is 59.7 Å². The highest BCUT2D eigenvalue weighted by atomic mass is 16.5. The van der Waals surface area contributed by atoms with E-state index in [0.29, 0.717) is 36.8 Å². The molecule has 2 unspecified atom stereocenters. The fraction of sp³-hybridized carbons (Fsp3) is 0.417. The number of para-hydroxylation sites is 2. The van der Waals surface area contributed by atoms with Gasteiger partial charge in [0.1, 0.15) is 13.2 Å². The zero-order chi connectivity index (χ0) is 20.4. The van der Waals surface area contributed by atoms with Crippen LogP contribution in [0.25, 0.3) is 0 Å². The molecular formula is C24H29N3O2. The molecule has 0 amide bonds. The monoisotopic (exact) mass is 391 g/mol. The van der Waals surface area contributed by atoms with Crippen LogP contribution < -0.4 is 5.32 Å². The summed E-state index contributed by atoms with van der Waals surface area (Å²) in [6.07, 6.45) is 0. The topological polar surface area (TPSA) is 55.2 Å². The summed E-state index contributed by atoms with van der Waals surface area (Å²) in [6.45, 7) is 9.97. The second-order valence-electron chi connectivity index (χ2n) is 8.33. The normalized spacial score (nSPS) is 21.0. The van der Waals surface area contributed by atoms with Gasteiger partial charge in [-0.15, -0.1) is 0 Å². The van der Waals surface area contributed by atoms with Crippen molar-refractivity contribution in [1.82, 2.24) is 0 Å². The van der Waals surface area contributed by atoms with Gasteiger partial charge in [-0.1, -0.05) is 52.0 Å². The molecule has 2 aromatic rings. The summed E-state index contributed by atoms with van der Waals surface area (Å²) in [5, 5.41) is 3.56. The number of hydrogen-bond acceptors (Lipinski definition) is 5. The van der Waals surface area contributed by atoms with E-state index in [9.17, 15) is 0 Å². The van der Waals surface area contributed by atoms with E-state index < -0.39 is 0 Å². The molecule has 0 fully saturated rings. The Labute approximate surface area is 172 Å². The van der Waals surface area contributed by atoms with Crippen LogP contribution in [0.1, 0.15) is 38.8 Å². The Morgan fingerprint density at radius 2 is 1.14 bits per heavy atom. The third kappa shape index (κ3) is 4.14. The van der Waals surface area contributed by atoms with Crippen LogP contribution in [0.5, 0.6) is 0 Å². The molecule has 0 radical (unpaired) electrons. The highest BCUT2D eigenvalue weighted by Crippen LogP contribution is 2.29. The fourth-order valence-electron chi connectivity index (χ4n) is 3.46. The molecule has 2 aliphatic rings. The first-order valence-corrected chi connectivity index (χ1v) is 10.4. The zero-order valence-electron chi connectivity index (χ0n) is 17.6. The minimum absolute atomic E-state index is 0.208. The minimum atomic E-state index is 0.208. The summed E-state index contributed by atoms with van der Waals surface area (Å²) in [7, 11) is 0. The number of ether oxygens (including phenoxy) is 2. The van der Waals surface area contributed by atoms with Gasteiger partial charge in [-0.05, 0) is 36.1 Å². The minimum Gasteiger partial charge on any atom is -0.475 e. The van der Waals surface area contributed by atoms with Crippen molar-refractivity contribution >= 4 is 23.2 Å². The molecule has 0 saturated heterocycles. The van der Waals surface area contributed by atoms with Gasteiger partial charge in [-0.3, -0.25) is 0 Å². The molecule has 0 aromatic heterocycles. The second-order valence-corrected chi connectivity index (χ2v) is 8.33. The Hall–Kier alpha value is -2.82. The van der Waals surface area contributed by atoms with Crippen LogP contribution in [0.2, 0.25) is 0 Å². The summed E-state index contributed by atoms with van der Waals surface area (Å²) >= 11 is 0. The van der Waals surface area contributed by atoms with Crippen LogP contribution >= 0.6 is 0 Å². The summed E-state index contributed by atoms with van der Waals surface area (Å²) in [6, 6.07) is 16.7. The van der Waals surface area contributed by atoms with E-state index in [1.165, 1.54) is 0 Å². The van der Waals surface area contributed by atoms with Crippen molar-refractivity contribution < 1.29 is 9.47 Å². The van der Waals surface area contributed by atoms with E-state index in [4.69, 9.17) is 19.5 Å². The van der Waals surface area contributed by atoms with Crippen LogP contribution in [0, 0.1) is 11.8 Å². The van der Waals surface area contributed by atoms with Crippen LogP contribution in [0.15, 0.2) is 58.5 Å². The van der Waals surface area contributed by atoms with Crippen molar-refractivity contribution in [2.75, 3.05) is 18.5 Å².